The van der Waals surface area contributed by atoms with Crippen LogP contribution < -0.4 is 5.32 Å². The number of hydrogen-bond acceptors (Lipinski definition) is 3. The van der Waals surface area contributed by atoms with Gasteiger partial charge in [-0.25, -0.2) is 0 Å². The van der Waals surface area contributed by atoms with Crippen LogP contribution in [0.5, 0.6) is 0 Å². The van der Waals surface area contributed by atoms with Crippen LogP contribution in [0.4, 0.5) is 5.69 Å². The molecule has 0 saturated heterocycles. The molecule has 1 atom stereocenters. The van der Waals surface area contributed by atoms with Gasteiger partial charge in [-0.3, -0.25) is 10.1 Å². The number of nitrogens with zero attached hydrogens (tertiary/aromatic N) is 1. The predicted octanol–water partition coefficient (Wildman–Crippen LogP) is 3.02. The van der Waals surface area contributed by atoms with Crippen LogP contribution in [-0.2, 0) is 6.54 Å². The molecule has 0 saturated carbocycles. The lowest BCUT2D eigenvalue weighted by atomic mass is 10.2. The molecule has 0 aliphatic carbocycles. The quantitative estimate of drug-likeness (QED) is 0.514. The fraction of sp³-hybridized carbons (Fsp3) is 0.273. The van der Waals surface area contributed by atoms with Crippen molar-refractivity contribution in [3.8, 4) is 0 Å². The van der Waals surface area contributed by atoms with Gasteiger partial charge in [-0.1, -0.05) is 18.2 Å². The summed E-state index contributed by atoms with van der Waals surface area (Å²) in [7, 11) is 0. The van der Waals surface area contributed by atoms with Crippen molar-refractivity contribution >= 4 is 21.6 Å². The van der Waals surface area contributed by atoms with Crippen molar-refractivity contribution in [3.05, 3.63) is 51.0 Å². The van der Waals surface area contributed by atoms with Crippen LogP contribution in [0.2, 0.25) is 0 Å². The first-order chi connectivity index (χ1) is 7.56. The maximum Gasteiger partial charge on any atom is 0.283 e. The van der Waals surface area contributed by atoms with Gasteiger partial charge in [-0.05, 0) is 28.4 Å². The third-order valence-electron chi connectivity index (χ3n) is 2.22. The minimum Gasteiger partial charge on any atom is -0.307 e. The number of nitro groups is 1. The third-order valence-corrected chi connectivity index (χ3v) is 3.14. The van der Waals surface area contributed by atoms with E-state index >= 15 is 0 Å². The van der Waals surface area contributed by atoms with Crippen molar-refractivity contribution in [2.75, 3.05) is 0 Å². The first-order valence-electron chi connectivity index (χ1n) is 4.84. The van der Waals surface area contributed by atoms with Crippen molar-refractivity contribution in [2.24, 2.45) is 0 Å². The van der Waals surface area contributed by atoms with Gasteiger partial charge in [0.15, 0.2) is 0 Å². The summed E-state index contributed by atoms with van der Waals surface area (Å²) in [5.41, 5.74) is 0.952. The van der Waals surface area contributed by atoms with E-state index in [1.807, 2.05) is 13.0 Å². The Labute approximate surface area is 103 Å². The summed E-state index contributed by atoms with van der Waals surface area (Å²) in [6, 6.07) is 5.18. The molecule has 1 unspecified atom stereocenters. The molecule has 0 aliphatic heterocycles. The number of nitro benzene ring substituents is 1. The molecule has 0 heterocycles. The smallest absolute Gasteiger partial charge is 0.283 e. The molecule has 0 radical (unpaired) electrons. The van der Waals surface area contributed by atoms with Crippen LogP contribution in [-0.4, -0.2) is 11.0 Å². The molecule has 1 rings (SSSR count). The SMILES string of the molecule is C=CC(C)NCc1cccc([N+](=O)[O-])c1Br. The minimum atomic E-state index is -0.398. The average Bonchev–Trinajstić information content (AvgIpc) is 2.26. The summed E-state index contributed by atoms with van der Waals surface area (Å²) in [5, 5.41) is 13.9. The van der Waals surface area contributed by atoms with Gasteiger partial charge in [0.2, 0.25) is 0 Å². The summed E-state index contributed by atoms with van der Waals surface area (Å²) in [6.45, 7) is 6.19. The fourth-order valence-corrected chi connectivity index (χ4v) is 1.75. The number of nitrogens with one attached hydrogen (secondary N) is 1. The van der Waals surface area contributed by atoms with Gasteiger partial charge in [0.05, 0.1) is 9.40 Å². The molecule has 0 fully saturated rings. The Hall–Kier alpha value is -1.20. The normalized spacial score (nSPS) is 12.1. The van der Waals surface area contributed by atoms with Crippen molar-refractivity contribution in [3.63, 3.8) is 0 Å². The highest BCUT2D eigenvalue weighted by atomic mass is 79.9. The van der Waals surface area contributed by atoms with E-state index in [0.717, 1.165) is 5.56 Å². The molecule has 1 aromatic carbocycles. The largest absolute Gasteiger partial charge is 0.307 e. The molecule has 1 N–H and O–H groups in total. The zero-order valence-electron chi connectivity index (χ0n) is 8.94. The number of benzene rings is 1. The molecule has 0 aromatic heterocycles. The third kappa shape index (κ3) is 3.15. The molecule has 0 spiro atoms. The summed E-state index contributed by atoms with van der Waals surface area (Å²) in [6.07, 6.45) is 1.78. The standard InChI is InChI=1S/C11H13BrN2O2/c1-3-8(2)13-7-9-5-4-6-10(11(9)12)14(15)16/h3-6,8,13H,1,7H2,2H3. The monoisotopic (exact) mass is 284 g/mol. The minimum absolute atomic E-state index is 0.0885. The van der Waals surface area contributed by atoms with Gasteiger partial charge in [0.1, 0.15) is 0 Å². The number of hydrogen-bond donors (Lipinski definition) is 1. The number of halogens is 1. The van der Waals surface area contributed by atoms with Crippen LogP contribution in [0, 0.1) is 10.1 Å². The molecule has 0 aliphatic rings. The maximum absolute atomic E-state index is 10.7. The van der Waals surface area contributed by atoms with Crippen molar-refractivity contribution < 1.29 is 4.92 Å². The van der Waals surface area contributed by atoms with Crippen molar-refractivity contribution in [1.82, 2.24) is 5.32 Å². The summed E-state index contributed by atoms with van der Waals surface area (Å²) in [4.78, 5) is 10.3. The van der Waals surface area contributed by atoms with Gasteiger partial charge < -0.3 is 5.32 Å². The highest BCUT2D eigenvalue weighted by molar-refractivity contribution is 9.10. The van der Waals surface area contributed by atoms with E-state index < -0.39 is 4.92 Å². The second-order valence-electron chi connectivity index (χ2n) is 3.41. The molecule has 16 heavy (non-hydrogen) atoms. The fourth-order valence-electron chi connectivity index (χ4n) is 1.20. The zero-order valence-corrected chi connectivity index (χ0v) is 10.5. The van der Waals surface area contributed by atoms with E-state index in [-0.39, 0.29) is 11.7 Å². The Morgan fingerprint density at radius 3 is 2.94 bits per heavy atom. The second-order valence-corrected chi connectivity index (χ2v) is 4.21. The van der Waals surface area contributed by atoms with E-state index in [0.29, 0.717) is 11.0 Å². The summed E-state index contributed by atoms with van der Waals surface area (Å²) < 4.78 is 0.531. The average molecular weight is 285 g/mol. The van der Waals surface area contributed by atoms with Crippen LogP contribution in [0.3, 0.4) is 0 Å². The van der Waals surface area contributed by atoms with E-state index in [1.54, 1.807) is 12.1 Å². The summed E-state index contributed by atoms with van der Waals surface area (Å²) in [5.74, 6) is 0. The highest BCUT2D eigenvalue weighted by Crippen LogP contribution is 2.28. The number of rotatable bonds is 5. The lowest BCUT2D eigenvalue weighted by Crippen LogP contribution is -2.23. The Morgan fingerprint density at radius 2 is 2.38 bits per heavy atom. The second kappa shape index (κ2) is 5.77. The van der Waals surface area contributed by atoms with Crippen LogP contribution in [0.1, 0.15) is 12.5 Å². The lowest BCUT2D eigenvalue weighted by molar-refractivity contribution is -0.385. The van der Waals surface area contributed by atoms with Gasteiger partial charge in [0.25, 0.3) is 5.69 Å². The Bertz CT molecular complexity index is 407. The highest BCUT2D eigenvalue weighted by Gasteiger charge is 2.14. The van der Waals surface area contributed by atoms with Crippen molar-refractivity contribution in [1.29, 1.82) is 0 Å². The molecule has 86 valence electrons. The van der Waals surface area contributed by atoms with E-state index in [2.05, 4.69) is 27.8 Å². The van der Waals surface area contributed by atoms with Gasteiger partial charge in [0, 0.05) is 18.7 Å². The topological polar surface area (TPSA) is 55.2 Å². The molecule has 5 heteroatoms. The Morgan fingerprint density at radius 1 is 1.69 bits per heavy atom. The Balaban J connectivity index is 2.85. The van der Waals surface area contributed by atoms with Crippen molar-refractivity contribution in [2.45, 2.75) is 19.5 Å². The van der Waals surface area contributed by atoms with Gasteiger partial charge in [-0.2, -0.15) is 0 Å². The van der Waals surface area contributed by atoms with E-state index in [1.165, 1.54) is 6.07 Å². The van der Waals surface area contributed by atoms with Gasteiger partial charge >= 0.3 is 0 Å². The first-order valence-corrected chi connectivity index (χ1v) is 5.63. The molecule has 1 aromatic rings. The van der Waals surface area contributed by atoms with Crippen LogP contribution >= 0.6 is 15.9 Å². The summed E-state index contributed by atoms with van der Waals surface area (Å²) >= 11 is 3.25. The first kappa shape index (κ1) is 12.9. The molecular formula is C11H13BrN2O2. The van der Waals surface area contributed by atoms with E-state index in [4.69, 9.17) is 0 Å². The van der Waals surface area contributed by atoms with Crippen LogP contribution in [0.25, 0.3) is 0 Å². The predicted molar refractivity (Wildman–Crippen MR) is 67.3 cm³/mol. The van der Waals surface area contributed by atoms with Gasteiger partial charge in [-0.15, -0.1) is 6.58 Å². The van der Waals surface area contributed by atoms with Crippen LogP contribution in [0.15, 0.2) is 35.3 Å². The molecular weight excluding hydrogens is 272 g/mol. The maximum atomic E-state index is 10.7. The molecule has 4 nitrogen and oxygen atoms in total. The molecule has 0 amide bonds. The van der Waals surface area contributed by atoms with E-state index in [9.17, 15) is 10.1 Å². The molecule has 0 bridgehead atoms. The Kier molecular flexibility index (Phi) is 4.64. The zero-order chi connectivity index (χ0) is 12.1. The lowest BCUT2D eigenvalue weighted by Gasteiger charge is -2.10.